The minimum atomic E-state index is 0.287. The zero-order valence-electron chi connectivity index (χ0n) is 8.82. The molecule has 3 rings (SSSR count). The molecule has 0 heterocycles. The van der Waals surface area contributed by atoms with Crippen molar-refractivity contribution in [1.29, 1.82) is 0 Å². The van der Waals surface area contributed by atoms with Crippen LogP contribution in [0, 0.1) is 5.92 Å². The Morgan fingerprint density at radius 3 is 2.93 bits per heavy atom. The van der Waals surface area contributed by atoms with Crippen LogP contribution in [0.4, 0.5) is 0 Å². The van der Waals surface area contributed by atoms with E-state index in [9.17, 15) is 4.79 Å². The van der Waals surface area contributed by atoms with Crippen LogP contribution in [0.25, 0.3) is 0 Å². The van der Waals surface area contributed by atoms with Gasteiger partial charge in [-0.15, -0.1) is 0 Å². The first kappa shape index (κ1) is 8.96. The van der Waals surface area contributed by atoms with Gasteiger partial charge in [0.1, 0.15) is 11.5 Å². The number of hydrogen-bond donors (Lipinski definition) is 0. The third-order valence-electron chi connectivity index (χ3n) is 3.73. The molecule has 1 aromatic rings. The van der Waals surface area contributed by atoms with Crippen LogP contribution in [0.1, 0.15) is 29.9 Å². The van der Waals surface area contributed by atoms with E-state index in [1.165, 1.54) is 11.1 Å². The van der Waals surface area contributed by atoms with Crippen LogP contribution in [-0.2, 0) is 11.2 Å². The summed E-state index contributed by atoms with van der Waals surface area (Å²) in [4.78, 5) is 11.6. The molecule has 0 aromatic heterocycles. The van der Waals surface area contributed by atoms with E-state index in [-0.39, 0.29) is 5.92 Å². The van der Waals surface area contributed by atoms with E-state index >= 15 is 0 Å². The Balaban J connectivity index is 2.05. The second kappa shape index (κ2) is 3.09. The van der Waals surface area contributed by atoms with Crippen LogP contribution in [0.15, 0.2) is 18.2 Å². The molecule has 15 heavy (non-hydrogen) atoms. The minimum absolute atomic E-state index is 0.287. The van der Waals surface area contributed by atoms with Crippen LogP contribution in [0.3, 0.4) is 0 Å². The zero-order valence-corrected chi connectivity index (χ0v) is 8.82. The molecule has 1 saturated carbocycles. The highest BCUT2D eigenvalue weighted by Crippen LogP contribution is 2.44. The van der Waals surface area contributed by atoms with Crippen LogP contribution >= 0.6 is 0 Å². The Bertz CT molecular complexity index is 423. The van der Waals surface area contributed by atoms with Gasteiger partial charge in [-0.25, -0.2) is 0 Å². The molecule has 0 spiro atoms. The van der Waals surface area contributed by atoms with Gasteiger partial charge in [-0.3, -0.25) is 4.79 Å². The average molecular weight is 202 g/mol. The van der Waals surface area contributed by atoms with Crippen molar-refractivity contribution in [2.24, 2.45) is 5.92 Å². The highest BCUT2D eigenvalue weighted by molar-refractivity contribution is 5.85. The van der Waals surface area contributed by atoms with Crippen LogP contribution in [-0.4, -0.2) is 12.9 Å². The monoisotopic (exact) mass is 202 g/mol. The lowest BCUT2D eigenvalue weighted by Gasteiger charge is -2.22. The van der Waals surface area contributed by atoms with Crippen molar-refractivity contribution in [2.75, 3.05) is 7.11 Å². The molecular formula is C13H14O2. The number of carbonyl (C=O) groups excluding carboxylic acids is 1. The summed E-state index contributed by atoms with van der Waals surface area (Å²) in [6.07, 6.45) is 2.74. The Kier molecular flexibility index (Phi) is 1.84. The van der Waals surface area contributed by atoms with Gasteiger partial charge in [0.05, 0.1) is 7.11 Å². The predicted molar refractivity (Wildman–Crippen MR) is 57.2 cm³/mol. The van der Waals surface area contributed by atoms with E-state index in [1.54, 1.807) is 7.11 Å². The van der Waals surface area contributed by atoms with E-state index in [0.29, 0.717) is 11.7 Å². The third-order valence-corrected chi connectivity index (χ3v) is 3.73. The summed E-state index contributed by atoms with van der Waals surface area (Å²) in [6, 6.07) is 6.22. The van der Waals surface area contributed by atoms with E-state index < -0.39 is 0 Å². The molecule has 2 atom stereocenters. The van der Waals surface area contributed by atoms with Crippen LogP contribution in [0.5, 0.6) is 5.75 Å². The van der Waals surface area contributed by atoms with Gasteiger partial charge >= 0.3 is 0 Å². The largest absolute Gasteiger partial charge is 0.497 e. The summed E-state index contributed by atoms with van der Waals surface area (Å²) in [5, 5.41) is 0. The molecule has 78 valence electrons. The topological polar surface area (TPSA) is 26.3 Å². The predicted octanol–water partition coefficient (Wildman–Crippen LogP) is 2.31. The maximum atomic E-state index is 11.6. The lowest BCUT2D eigenvalue weighted by molar-refractivity contribution is -0.120. The fraction of sp³-hybridized carbons (Fsp3) is 0.462. The van der Waals surface area contributed by atoms with Crippen LogP contribution < -0.4 is 4.74 Å². The Labute approximate surface area is 89.2 Å². The normalized spacial score (nSPS) is 27.7. The number of carbonyl (C=O) groups is 1. The molecule has 2 unspecified atom stereocenters. The first-order valence-corrected chi connectivity index (χ1v) is 5.47. The molecular weight excluding hydrogens is 188 g/mol. The number of methoxy groups -OCH3 is 1. The lowest BCUT2D eigenvalue weighted by atomic mass is 9.83. The first-order valence-electron chi connectivity index (χ1n) is 5.47. The SMILES string of the molecule is COc1ccc2c(c1)CC1CC2CC1=O. The Morgan fingerprint density at radius 1 is 1.27 bits per heavy atom. The van der Waals surface area contributed by atoms with Gasteiger partial charge < -0.3 is 4.74 Å². The molecule has 2 heteroatoms. The molecule has 2 aliphatic carbocycles. The maximum absolute atomic E-state index is 11.6. The molecule has 0 radical (unpaired) electrons. The van der Waals surface area contributed by atoms with Crippen molar-refractivity contribution < 1.29 is 9.53 Å². The second-order valence-electron chi connectivity index (χ2n) is 4.57. The highest BCUT2D eigenvalue weighted by atomic mass is 16.5. The van der Waals surface area contributed by atoms with Gasteiger partial charge in [-0.1, -0.05) is 6.07 Å². The molecule has 2 aliphatic rings. The number of rotatable bonds is 1. The number of benzene rings is 1. The van der Waals surface area contributed by atoms with E-state index in [0.717, 1.165) is 25.0 Å². The summed E-state index contributed by atoms with van der Waals surface area (Å²) in [7, 11) is 1.68. The quantitative estimate of drug-likeness (QED) is 0.698. The fourth-order valence-corrected chi connectivity index (χ4v) is 2.95. The number of ether oxygens (including phenoxy) is 1. The van der Waals surface area contributed by atoms with Crippen molar-refractivity contribution in [3.63, 3.8) is 0 Å². The number of ketones is 1. The number of fused-ring (bicyclic) bond motifs is 4. The minimum Gasteiger partial charge on any atom is -0.497 e. The van der Waals surface area contributed by atoms with Crippen molar-refractivity contribution >= 4 is 5.78 Å². The van der Waals surface area contributed by atoms with Crippen molar-refractivity contribution in [3.05, 3.63) is 29.3 Å². The number of hydrogen-bond acceptors (Lipinski definition) is 2. The summed E-state index contributed by atoms with van der Waals surface area (Å²) in [5.74, 6) is 2.13. The van der Waals surface area contributed by atoms with Crippen molar-refractivity contribution in [2.45, 2.75) is 25.2 Å². The summed E-state index contributed by atoms with van der Waals surface area (Å²) >= 11 is 0. The van der Waals surface area contributed by atoms with E-state index in [2.05, 4.69) is 12.1 Å². The first-order chi connectivity index (χ1) is 7.28. The molecule has 0 amide bonds. The fourth-order valence-electron chi connectivity index (χ4n) is 2.95. The zero-order chi connectivity index (χ0) is 10.4. The van der Waals surface area contributed by atoms with Crippen molar-refractivity contribution in [1.82, 2.24) is 0 Å². The summed E-state index contributed by atoms with van der Waals surface area (Å²) in [5.41, 5.74) is 2.69. The molecule has 2 bridgehead atoms. The number of Topliss-reactive ketones (excluding diaryl/α,β-unsaturated/α-hetero) is 1. The van der Waals surface area contributed by atoms with E-state index in [1.807, 2.05) is 6.07 Å². The standard InChI is InChI=1S/C13H14O2/c1-15-11-2-3-12-8(6-11)4-10-5-9(12)7-13(10)14/h2-3,6,9-10H,4-5,7H2,1H3. The lowest BCUT2D eigenvalue weighted by Crippen LogP contribution is -2.13. The Morgan fingerprint density at radius 2 is 2.13 bits per heavy atom. The molecule has 0 aliphatic heterocycles. The third kappa shape index (κ3) is 1.28. The van der Waals surface area contributed by atoms with Crippen LogP contribution in [0.2, 0.25) is 0 Å². The second-order valence-corrected chi connectivity index (χ2v) is 4.57. The summed E-state index contributed by atoms with van der Waals surface area (Å²) < 4.78 is 5.21. The molecule has 1 aromatic carbocycles. The molecule has 1 fully saturated rings. The van der Waals surface area contributed by atoms with Gasteiger partial charge in [-0.2, -0.15) is 0 Å². The molecule has 2 nitrogen and oxygen atoms in total. The smallest absolute Gasteiger partial charge is 0.136 e. The van der Waals surface area contributed by atoms with Gasteiger partial charge in [-0.05, 0) is 42.0 Å². The summed E-state index contributed by atoms with van der Waals surface area (Å²) in [6.45, 7) is 0. The van der Waals surface area contributed by atoms with Gasteiger partial charge in [0.15, 0.2) is 0 Å². The average Bonchev–Trinajstić information content (AvgIpc) is 2.55. The molecule has 0 N–H and O–H groups in total. The maximum Gasteiger partial charge on any atom is 0.136 e. The molecule has 0 saturated heterocycles. The van der Waals surface area contributed by atoms with Gasteiger partial charge in [0.25, 0.3) is 0 Å². The Hall–Kier alpha value is -1.31. The van der Waals surface area contributed by atoms with E-state index in [4.69, 9.17) is 4.74 Å². The van der Waals surface area contributed by atoms with Gasteiger partial charge in [0, 0.05) is 12.3 Å². The van der Waals surface area contributed by atoms with Crippen molar-refractivity contribution in [3.8, 4) is 5.75 Å². The van der Waals surface area contributed by atoms with Gasteiger partial charge in [0.2, 0.25) is 0 Å². The highest BCUT2D eigenvalue weighted by Gasteiger charge is 2.38.